The zero-order valence-electron chi connectivity index (χ0n) is 10.7. The predicted molar refractivity (Wildman–Crippen MR) is 71.4 cm³/mol. The molecule has 0 bridgehead atoms. The number of nitrogens with one attached hydrogen (secondary N) is 1. The minimum atomic E-state index is -2.87. The summed E-state index contributed by atoms with van der Waals surface area (Å²) in [6, 6.07) is 0. The van der Waals surface area contributed by atoms with Crippen LogP contribution in [-0.4, -0.2) is 59.5 Å². The second kappa shape index (κ2) is 7.70. The highest BCUT2D eigenvalue weighted by Crippen LogP contribution is 2.14. The van der Waals surface area contributed by atoms with Crippen LogP contribution in [0.15, 0.2) is 5.16 Å². The Balaban J connectivity index is 2.31. The fraction of sp³-hybridized carbons (Fsp3) is 0.889. The molecule has 0 aromatic carbocycles. The first-order valence-corrected chi connectivity index (χ1v) is 8.85. The van der Waals surface area contributed by atoms with Gasteiger partial charge in [0, 0.05) is 18.6 Å². The average molecular weight is 293 g/mol. The number of tetrazole rings is 1. The number of aromatic nitrogens is 4. The number of nitrogens with zero attached hydrogens (tertiary/aromatic N) is 4. The molecule has 0 unspecified atom stereocenters. The van der Waals surface area contributed by atoms with Gasteiger partial charge in [-0.3, -0.25) is 0 Å². The van der Waals surface area contributed by atoms with Crippen molar-refractivity contribution >= 4 is 21.6 Å². The fourth-order valence-electron chi connectivity index (χ4n) is 1.29. The van der Waals surface area contributed by atoms with Gasteiger partial charge < -0.3 is 5.32 Å². The van der Waals surface area contributed by atoms with Crippen LogP contribution in [0.5, 0.6) is 0 Å². The molecule has 0 radical (unpaired) electrons. The van der Waals surface area contributed by atoms with Crippen LogP contribution in [0.4, 0.5) is 0 Å². The molecule has 7 nitrogen and oxygen atoms in total. The third kappa shape index (κ3) is 6.31. The van der Waals surface area contributed by atoms with E-state index in [1.54, 1.807) is 4.68 Å². The van der Waals surface area contributed by atoms with Crippen molar-refractivity contribution in [2.75, 3.05) is 30.9 Å². The number of likely N-dealkylation sites (N-methyl/N-ethyl adjacent to an activating group) is 1. The second-order valence-corrected chi connectivity index (χ2v) is 7.19. The lowest BCUT2D eigenvalue weighted by molar-refractivity contribution is 0.517. The molecule has 0 aliphatic carbocycles. The van der Waals surface area contributed by atoms with E-state index in [2.05, 4.69) is 20.8 Å². The van der Waals surface area contributed by atoms with Gasteiger partial charge in [0.1, 0.15) is 9.84 Å². The summed E-state index contributed by atoms with van der Waals surface area (Å²) >= 11 is 1.49. The first-order valence-electron chi connectivity index (χ1n) is 5.80. The van der Waals surface area contributed by atoms with E-state index in [0.717, 1.165) is 24.8 Å². The van der Waals surface area contributed by atoms with E-state index in [1.807, 2.05) is 6.92 Å². The topological polar surface area (TPSA) is 89.8 Å². The molecular weight excluding hydrogens is 274 g/mol. The predicted octanol–water partition coefficient (Wildman–Crippen LogP) is -0.191. The minimum absolute atomic E-state index is 0.207. The Labute approximate surface area is 112 Å². The monoisotopic (exact) mass is 293 g/mol. The summed E-state index contributed by atoms with van der Waals surface area (Å²) in [6.07, 6.45) is 1.86. The highest BCUT2D eigenvalue weighted by molar-refractivity contribution is 7.99. The highest BCUT2D eigenvalue weighted by atomic mass is 32.2. The Hall–Kier alpha value is -0.670. The highest BCUT2D eigenvalue weighted by Gasteiger charge is 2.07. The number of thioether (sulfide) groups is 1. The van der Waals surface area contributed by atoms with Crippen LogP contribution in [0.1, 0.15) is 13.3 Å². The molecular formula is C9H19N5O2S2. The molecule has 1 rings (SSSR count). The van der Waals surface area contributed by atoms with E-state index in [1.165, 1.54) is 18.0 Å². The molecule has 1 aromatic rings. The van der Waals surface area contributed by atoms with E-state index in [0.29, 0.717) is 12.2 Å². The maximum absolute atomic E-state index is 11.0. The van der Waals surface area contributed by atoms with Crippen molar-refractivity contribution < 1.29 is 8.42 Å². The van der Waals surface area contributed by atoms with Crippen molar-refractivity contribution in [1.82, 2.24) is 25.5 Å². The van der Waals surface area contributed by atoms with Crippen molar-refractivity contribution in [1.29, 1.82) is 0 Å². The van der Waals surface area contributed by atoms with Gasteiger partial charge in [-0.25, -0.2) is 13.1 Å². The van der Waals surface area contributed by atoms with Crippen LogP contribution in [0.2, 0.25) is 0 Å². The van der Waals surface area contributed by atoms with Gasteiger partial charge in [-0.1, -0.05) is 18.7 Å². The Bertz CT molecular complexity index is 446. The number of rotatable bonds is 9. The van der Waals surface area contributed by atoms with Crippen molar-refractivity contribution in [2.45, 2.75) is 25.0 Å². The molecule has 0 atom stereocenters. The van der Waals surface area contributed by atoms with Gasteiger partial charge in [0.15, 0.2) is 0 Å². The van der Waals surface area contributed by atoms with Crippen LogP contribution in [0, 0.1) is 0 Å². The van der Waals surface area contributed by atoms with Crippen LogP contribution in [-0.2, 0) is 16.4 Å². The Morgan fingerprint density at radius 3 is 2.89 bits per heavy atom. The molecule has 0 aliphatic rings. The molecule has 0 saturated heterocycles. The molecule has 0 spiro atoms. The van der Waals surface area contributed by atoms with Gasteiger partial charge in [0.2, 0.25) is 5.16 Å². The molecule has 9 heteroatoms. The van der Waals surface area contributed by atoms with E-state index in [9.17, 15) is 8.42 Å². The molecule has 18 heavy (non-hydrogen) atoms. The third-order valence-corrected chi connectivity index (χ3v) is 4.21. The van der Waals surface area contributed by atoms with Crippen molar-refractivity contribution in [3.63, 3.8) is 0 Å². The van der Waals surface area contributed by atoms with E-state index in [4.69, 9.17) is 0 Å². The molecule has 0 aliphatic heterocycles. The van der Waals surface area contributed by atoms with Crippen LogP contribution >= 0.6 is 11.8 Å². The zero-order chi connectivity index (χ0) is 13.4. The molecule has 1 N–H and O–H groups in total. The van der Waals surface area contributed by atoms with E-state index in [-0.39, 0.29) is 5.75 Å². The quantitative estimate of drug-likeness (QED) is 0.498. The van der Waals surface area contributed by atoms with Crippen molar-refractivity contribution in [3.8, 4) is 0 Å². The summed E-state index contributed by atoms with van der Waals surface area (Å²) in [4.78, 5) is 0. The molecule has 1 heterocycles. The lowest BCUT2D eigenvalue weighted by atomic mass is 10.6. The summed E-state index contributed by atoms with van der Waals surface area (Å²) in [5.41, 5.74) is 0. The lowest BCUT2D eigenvalue weighted by Crippen LogP contribution is -2.20. The first-order chi connectivity index (χ1) is 8.53. The Morgan fingerprint density at radius 1 is 1.44 bits per heavy atom. The SMILES string of the molecule is CCNCCn1nnnc1SCCCS(C)(=O)=O. The fourth-order valence-corrected chi connectivity index (χ4v) is 2.98. The van der Waals surface area contributed by atoms with Gasteiger partial charge in [-0.15, -0.1) is 5.10 Å². The largest absolute Gasteiger partial charge is 0.315 e. The average Bonchev–Trinajstić information content (AvgIpc) is 2.71. The van der Waals surface area contributed by atoms with E-state index < -0.39 is 9.84 Å². The van der Waals surface area contributed by atoms with Crippen molar-refractivity contribution in [2.24, 2.45) is 0 Å². The van der Waals surface area contributed by atoms with Gasteiger partial charge in [0.05, 0.1) is 12.3 Å². The summed E-state index contributed by atoms with van der Waals surface area (Å²) in [7, 11) is -2.87. The number of hydrogen-bond donors (Lipinski definition) is 1. The number of hydrogen-bond acceptors (Lipinski definition) is 7. The smallest absolute Gasteiger partial charge is 0.209 e. The van der Waals surface area contributed by atoms with Crippen LogP contribution < -0.4 is 5.32 Å². The number of sulfone groups is 1. The zero-order valence-corrected chi connectivity index (χ0v) is 12.3. The summed E-state index contributed by atoms with van der Waals surface area (Å²) in [5.74, 6) is 0.910. The Kier molecular flexibility index (Phi) is 6.58. The van der Waals surface area contributed by atoms with Crippen LogP contribution in [0.3, 0.4) is 0 Å². The lowest BCUT2D eigenvalue weighted by Gasteiger charge is -2.04. The van der Waals surface area contributed by atoms with Gasteiger partial charge in [-0.05, 0) is 23.4 Å². The molecule has 0 fully saturated rings. The second-order valence-electron chi connectivity index (χ2n) is 3.87. The van der Waals surface area contributed by atoms with Crippen molar-refractivity contribution in [3.05, 3.63) is 0 Å². The van der Waals surface area contributed by atoms with E-state index >= 15 is 0 Å². The summed E-state index contributed by atoms with van der Waals surface area (Å²) in [6.45, 7) is 4.49. The first kappa shape index (κ1) is 15.4. The molecule has 0 amide bonds. The molecule has 1 aromatic heterocycles. The van der Waals surface area contributed by atoms with Gasteiger partial charge in [0.25, 0.3) is 0 Å². The van der Waals surface area contributed by atoms with Gasteiger partial charge >= 0.3 is 0 Å². The normalized spacial score (nSPS) is 11.9. The third-order valence-electron chi connectivity index (χ3n) is 2.14. The standard InChI is InChI=1S/C9H19N5O2S2/c1-3-10-5-6-14-9(11-12-13-14)17-7-4-8-18(2,15)16/h10H,3-8H2,1-2H3. The van der Waals surface area contributed by atoms with Gasteiger partial charge in [-0.2, -0.15) is 0 Å². The summed E-state index contributed by atoms with van der Waals surface area (Å²) < 4.78 is 23.7. The maximum Gasteiger partial charge on any atom is 0.209 e. The maximum atomic E-state index is 11.0. The summed E-state index contributed by atoms with van der Waals surface area (Å²) in [5, 5.41) is 15.4. The minimum Gasteiger partial charge on any atom is -0.315 e. The molecule has 0 saturated carbocycles. The molecule has 104 valence electrons. The Morgan fingerprint density at radius 2 is 2.22 bits per heavy atom. The van der Waals surface area contributed by atoms with Crippen LogP contribution in [0.25, 0.3) is 0 Å².